The highest BCUT2D eigenvalue weighted by Crippen LogP contribution is 2.38. The molecule has 1 aliphatic rings. The van der Waals surface area contributed by atoms with Gasteiger partial charge in [-0.3, -0.25) is 0 Å². The van der Waals surface area contributed by atoms with Gasteiger partial charge in [0.25, 0.3) is 0 Å². The SMILES string of the molecule is COc1cc(C)c(Cc2ccc(NC(N)=O)cc2)c(O[C@@H]2S[C@H](CO)[C@@H](O)[C@H](O)[C@H]2O)c1. The quantitative estimate of drug-likeness (QED) is 0.354. The van der Waals surface area contributed by atoms with E-state index in [1.807, 2.05) is 25.1 Å². The summed E-state index contributed by atoms with van der Waals surface area (Å²) >= 11 is 1.06. The standard InChI is InChI=1S/C22H28N2O7S/c1-11-7-14(30-2)9-16(31-21-20(28)19(27)18(26)17(10-25)32-21)15(11)8-12-3-5-13(6-4-12)24-22(23)29/h3-7,9,17-21,25-28H,8,10H2,1-2H3,(H3,23,24,29)/t17-,18-,19+,20-,21-/m1/s1. The summed E-state index contributed by atoms with van der Waals surface area (Å²) in [6, 6.07) is 10.1. The first kappa shape index (κ1) is 24.1. The molecule has 0 aromatic heterocycles. The second-order valence-electron chi connectivity index (χ2n) is 7.60. The van der Waals surface area contributed by atoms with Crippen molar-refractivity contribution in [2.24, 2.45) is 5.73 Å². The van der Waals surface area contributed by atoms with Gasteiger partial charge in [-0.15, -0.1) is 11.8 Å². The zero-order chi connectivity index (χ0) is 23.4. The number of ether oxygens (including phenoxy) is 2. The average molecular weight is 465 g/mol. The van der Waals surface area contributed by atoms with Crippen molar-refractivity contribution in [1.29, 1.82) is 0 Å². The van der Waals surface area contributed by atoms with Crippen LogP contribution in [0.25, 0.3) is 0 Å². The van der Waals surface area contributed by atoms with Crippen molar-refractivity contribution < 1.29 is 34.7 Å². The van der Waals surface area contributed by atoms with Crippen molar-refractivity contribution in [2.75, 3.05) is 19.0 Å². The predicted octanol–water partition coefficient (Wildman–Crippen LogP) is 0.980. The summed E-state index contributed by atoms with van der Waals surface area (Å²) < 4.78 is 11.5. The fourth-order valence-corrected chi connectivity index (χ4v) is 4.78. The summed E-state index contributed by atoms with van der Waals surface area (Å²) in [7, 11) is 1.54. The molecule has 32 heavy (non-hydrogen) atoms. The topological polar surface area (TPSA) is 154 Å². The van der Waals surface area contributed by atoms with Crippen molar-refractivity contribution >= 4 is 23.5 Å². The van der Waals surface area contributed by atoms with E-state index in [0.717, 1.165) is 28.5 Å². The number of primary amides is 1. The zero-order valence-electron chi connectivity index (χ0n) is 17.8. The number of hydrogen-bond acceptors (Lipinski definition) is 8. The van der Waals surface area contributed by atoms with Gasteiger partial charge in [0.15, 0.2) is 5.44 Å². The normalized spacial score (nSPS) is 25.2. The van der Waals surface area contributed by atoms with E-state index in [1.54, 1.807) is 18.2 Å². The third kappa shape index (κ3) is 5.45. The number of amides is 2. The van der Waals surface area contributed by atoms with Crippen LogP contribution in [0.3, 0.4) is 0 Å². The minimum absolute atomic E-state index is 0.370. The van der Waals surface area contributed by atoms with Crippen LogP contribution in [-0.4, -0.2) is 69.2 Å². The molecule has 1 fully saturated rings. The summed E-state index contributed by atoms with van der Waals surface area (Å²) in [4.78, 5) is 11.0. The number of urea groups is 1. The second-order valence-corrected chi connectivity index (χ2v) is 8.94. The number of anilines is 1. The van der Waals surface area contributed by atoms with Crippen molar-refractivity contribution in [3.8, 4) is 11.5 Å². The van der Waals surface area contributed by atoms with Gasteiger partial charge < -0.3 is 41.0 Å². The van der Waals surface area contributed by atoms with Crippen molar-refractivity contribution in [1.82, 2.24) is 0 Å². The fraction of sp³-hybridized carbons (Fsp3) is 0.409. The number of methoxy groups -OCH3 is 1. The number of nitrogens with two attached hydrogens (primary N) is 1. The molecule has 7 N–H and O–H groups in total. The van der Waals surface area contributed by atoms with Crippen LogP contribution in [0.4, 0.5) is 10.5 Å². The zero-order valence-corrected chi connectivity index (χ0v) is 18.6. The fourth-order valence-electron chi connectivity index (χ4n) is 3.54. The molecule has 9 nitrogen and oxygen atoms in total. The molecule has 174 valence electrons. The minimum atomic E-state index is -1.45. The average Bonchev–Trinajstić information content (AvgIpc) is 2.76. The van der Waals surface area contributed by atoms with Gasteiger partial charge in [0.2, 0.25) is 0 Å². The maximum atomic E-state index is 11.0. The van der Waals surface area contributed by atoms with Gasteiger partial charge in [0.1, 0.15) is 23.7 Å². The highest BCUT2D eigenvalue weighted by molar-refractivity contribution is 8.00. The number of aliphatic hydroxyl groups is 4. The van der Waals surface area contributed by atoms with Crippen LogP contribution >= 0.6 is 11.8 Å². The lowest BCUT2D eigenvalue weighted by Crippen LogP contribution is -2.55. The lowest BCUT2D eigenvalue weighted by molar-refractivity contribution is -0.0910. The van der Waals surface area contributed by atoms with E-state index in [4.69, 9.17) is 15.2 Å². The van der Waals surface area contributed by atoms with E-state index >= 15 is 0 Å². The number of aliphatic hydroxyl groups excluding tert-OH is 4. The molecule has 0 unspecified atom stereocenters. The van der Waals surface area contributed by atoms with Gasteiger partial charge in [-0.25, -0.2) is 4.79 Å². The Morgan fingerprint density at radius 3 is 2.41 bits per heavy atom. The highest BCUT2D eigenvalue weighted by atomic mass is 32.2. The Morgan fingerprint density at radius 2 is 1.81 bits per heavy atom. The Hall–Kier alpha value is -2.50. The molecule has 0 bridgehead atoms. The molecule has 3 rings (SSSR count). The number of benzene rings is 2. The van der Waals surface area contributed by atoms with E-state index in [2.05, 4.69) is 5.32 Å². The first-order valence-electron chi connectivity index (χ1n) is 10.0. The Bertz CT molecular complexity index is 939. The minimum Gasteiger partial charge on any atom is -0.497 e. The molecule has 0 spiro atoms. The molecule has 1 heterocycles. The largest absolute Gasteiger partial charge is 0.497 e. The summed E-state index contributed by atoms with van der Waals surface area (Å²) in [5.74, 6) is 1.02. The Labute approximate surface area is 190 Å². The van der Waals surface area contributed by atoms with Crippen LogP contribution in [-0.2, 0) is 6.42 Å². The van der Waals surface area contributed by atoms with Gasteiger partial charge in [-0.2, -0.15) is 0 Å². The number of carbonyl (C=O) groups is 1. The number of nitrogens with one attached hydrogen (secondary N) is 1. The number of aryl methyl sites for hydroxylation is 1. The third-order valence-corrected chi connectivity index (χ3v) is 6.76. The maximum absolute atomic E-state index is 11.0. The van der Waals surface area contributed by atoms with Gasteiger partial charge in [-0.1, -0.05) is 12.1 Å². The summed E-state index contributed by atoms with van der Waals surface area (Å²) in [6.45, 7) is 1.54. The van der Waals surface area contributed by atoms with Crippen molar-refractivity contribution in [3.63, 3.8) is 0 Å². The molecule has 5 atom stereocenters. The molecule has 0 saturated carbocycles. The molecule has 1 saturated heterocycles. The number of thioether (sulfide) groups is 1. The van der Waals surface area contributed by atoms with E-state index in [0.29, 0.717) is 23.6 Å². The highest BCUT2D eigenvalue weighted by Gasteiger charge is 2.44. The van der Waals surface area contributed by atoms with Crippen LogP contribution in [0.15, 0.2) is 36.4 Å². The molecule has 0 radical (unpaired) electrons. The van der Waals surface area contributed by atoms with Crippen molar-refractivity contribution in [3.05, 3.63) is 53.1 Å². The Kier molecular flexibility index (Phi) is 7.86. The first-order chi connectivity index (χ1) is 15.2. The lowest BCUT2D eigenvalue weighted by Gasteiger charge is -2.39. The monoisotopic (exact) mass is 464 g/mol. The van der Waals surface area contributed by atoms with E-state index < -0.39 is 35.0 Å². The van der Waals surface area contributed by atoms with Crippen LogP contribution in [0.1, 0.15) is 16.7 Å². The van der Waals surface area contributed by atoms with Gasteiger partial charge >= 0.3 is 6.03 Å². The predicted molar refractivity (Wildman–Crippen MR) is 121 cm³/mol. The summed E-state index contributed by atoms with van der Waals surface area (Å²) in [5, 5.41) is 42.0. The number of rotatable bonds is 7. The molecule has 2 amide bonds. The molecular formula is C22H28N2O7S. The lowest BCUT2D eigenvalue weighted by atomic mass is 9.98. The first-order valence-corrected chi connectivity index (χ1v) is 11.0. The molecule has 0 aliphatic carbocycles. The summed E-state index contributed by atoms with van der Waals surface area (Å²) in [6.07, 6.45) is -3.57. The molecular weight excluding hydrogens is 436 g/mol. The third-order valence-electron chi connectivity index (χ3n) is 5.34. The molecule has 10 heteroatoms. The maximum Gasteiger partial charge on any atom is 0.316 e. The van der Waals surface area contributed by atoms with Crippen LogP contribution in [0.5, 0.6) is 11.5 Å². The molecule has 2 aromatic carbocycles. The molecule has 1 aliphatic heterocycles. The smallest absolute Gasteiger partial charge is 0.316 e. The molecule has 2 aromatic rings. The Balaban J connectivity index is 1.88. The second kappa shape index (κ2) is 10.4. The Morgan fingerprint density at radius 1 is 1.12 bits per heavy atom. The van der Waals surface area contributed by atoms with E-state index in [1.165, 1.54) is 7.11 Å². The van der Waals surface area contributed by atoms with Crippen LogP contribution < -0.4 is 20.5 Å². The van der Waals surface area contributed by atoms with Gasteiger partial charge in [0, 0.05) is 23.7 Å². The number of hydrogen-bond donors (Lipinski definition) is 6. The van der Waals surface area contributed by atoms with E-state index in [9.17, 15) is 25.2 Å². The van der Waals surface area contributed by atoms with Crippen LogP contribution in [0, 0.1) is 6.92 Å². The summed E-state index contributed by atoms with van der Waals surface area (Å²) in [5.41, 5.74) is 7.50. The van der Waals surface area contributed by atoms with Crippen LogP contribution in [0.2, 0.25) is 0 Å². The van der Waals surface area contributed by atoms with Gasteiger partial charge in [-0.05, 0) is 36.2 Å². The van der Waals surface area contributed by atoms with E-state index in [-0.39, 0.29) is 6.61 Å². The number of carbonyl (C=O) groups excluding carboxylic acids is 1. The van der Waals surface area contributed by atoms with Gasteiger partial charge in [0.05, 0.1) is 25.1 Å². The van der Waals surface area contributed by atoms with Crippen molar-refractivity contribution in [2.45, 2.75) is 42.3 Å².